The first-order valence-corrected chi connectivity index (χ1v) is 11.4. The van der Waals surface area contributed by atoms with Gasteiger partial charge in [-0.1, -0.05) is 49.7 Å². The lowest BCUT2D eigenvalue weighted by atomic mass is 10.00. The summed E-state index contributed by atoms with van der Waals surface area (Å²) in [5.41, 5.74) is 5.46. The standard InChI is InChI=1S/C26H25N7O2/c1-3-6-20-17-33(23-7-4-5-8-24(23)35-2)26(34)32(20)16-18-9-11-19(12-10-18)21-13-14-27-15-22(21)25-28-30-31-29-25/h4-5,7-15,17H,3,6,16H2,1-2H3,(H,28,29,30,31). The number of hydrogen-bond acceptors (Lipinski definition) is 6. The zero-order valence-corrected chi connectivity index (χ0v) is 19.5. The van der Waals surface area contributed by atoms with Crippen molar-refractivity contribution >= 4 is 0 Å². The Bertz CT molecular complexity index is 1490. The summed E-state index contributed by atoms with van der Waals surface area (Å²) >= 11 is 0. The van der Waals surface area contributed by atoms with Crippen LogP contribution in [0.15, 0.2) is 78.0 Å². The zero-order chi connectivity index (χ0) is 24.2. The number of hydrogen-bond donors (Lipinski definition) is 1. The number of methoxy groups -OCH3 is 1. The largest absolute Gasteiger partial charge is 0.495 e. The average molecular weight is 468 g/mol. The SMILES string of the molecule is CCCc1cn(-c2ccccc2OC)c(=O)n1Cc1ccc(-c2ccncc2-c2nnn[nH]2)cc1. The van der Waals surface area contributed by atoms with E-state index in [4.69, 9.17) is 4.74 Å². The number of imidazole rings is 1. The third-order valence-electron chi connectivity index (χ3n) is 5.94. The lowest BCUT2D eigenvalue weighted by molar-refractivity contribution is 0.412. The highest BCUT2D eigenvalue weighted by molar-refractivity contribution is 5.79. The minimum Gasteiger partial charge on any atom is -0.495 e. The molecule has 0 bridgehead atoms. The molecule has 0 spiro atoms. The summed E-state index contributed by atoms with van der Waals surface area (Å²) < 4.78 is 9.00. The van der Waals surface area contributed by atoms with E-state index in [1.807, 2.05) is 65.4 Å². The molecule has 0 atom stereocenters. The second-order valence-electron chi connectivity index (χ2n) is 8.15. The summed E-state index contributed by atoms with van der Waals surface area (Å²) in [4.78, 5) is 17.7. The quantitative estimate of drug-likeness (QED) is 0.371. The molecule has 0 saturated heterocycles. The van der Waals surface area contributed by atoms with E-state index in [9.17, 15) is 4.79 Å². The second kappa shape index (κ2) is 9.76. The predicted octanol–water partition coefficient (Wildman–Crippen LogP) is 3.89. The van der Waals surface area contributed by atoms with Crippen LogP contribution in [0.25, 0.3) is 28.2 Å². The third-order valence-corrected chi connectivity index (χ3v) is 5.94. The van der Waals surface area contributed by atoms with Crippen LogP contribution in [0.4, 0.5) is 0 Å². The van der Waals surface area contributed by atoms with E-state index in [1.54, 1.807) is 24.1 Å². The zero-order valence-electron chi connectivity index (χ0n) is 19.5. The van der Waals surface area contributed by atoms with Gasteiger partial charge in [-0.3, -0.25) is 14.1 Å². The highest BCUT2D eigenvalue weighted by Crippen LogP contribution is 2.29. The van der Waals surface area contributed by atoms with Crippen LogP contribution in [0.1, 0.15) is 24.6 Å². The summed E-state index contributed by atoms with van der Waals surface area (Å²) in [5.74, 6) is 1.22. The topological polar surface area (TPSA) is 104 Å². The van der Waals surface area contributed by atoms with Crippen LogP contribution >= 0.6 is 0 Å². The van der Waals surface area contributed by atoms with Crippen LogP contribution in [0.5, 0.6) is 5.75 Å². The Labute approximate surface area is 202 Å². The number of aromatic nitrogens is 7. The Kier molecular flexibility index (Phi) is 6.21. The number of pyridine rings is 1. The number of rotatable bonds is 8. The fourth-order valence-corrected chi connectivity index (χ4v) is 4.23. The van der Waals surface area contributed by atoms with Crippen molar-refractivity contribution in [2.45, 2.75) is 26.3 Å². The lowest BCUT2D eigenvalue weighted by Crippen LogP contribution is -2.25. The maximum absolute atomic E-state index is 13.4. The van der Waals surface area contributed by atoms with Crippen molar-refractivity contribution in [1.29, 1.82) is 0 Å². The van der Waals surface area contributed by atoms with Gasteiger partial charge in [0.1, 0.15) is 5.75 Å². The van der Waals surface area contributed by atoms with Gasteiger partial charge in [0.05, 0.1) is 19.3 Å². The molecule has 1 N–H and O–H groups in total. The molecule has 176 valence electrons. The molecule has 35 heavy (non-hydrogen) atoms. The first kappa shape index (κ1) is 22.3. The van der Waals surface area contributed by atoms with Crippen LogP contribution in [0, 0.1) is 0 Å². The molecule has 3 heterocycles. The Morgan fingerprint density at radius 2 is 1.86 bits per heavy atom. The van der Waals surface area contributed by atoms with Gasteiger partial charge in [-0.15, -0.1) is 5.10 Å². The van der Waals surface area contributed by atoms with Gasteiger partial charge < -0.3 is 4.74 Å². The number of para-hydroxylation sites is 2. The maximum Gasteiger partial charge on any atom is 0.333 e. The number of tetrazole rings is 1. The molecular weight excluding hydrogens is 442 g/mol. The van der Waals surface area contributed by atoms with Gasteiger partial charge in [0.2, 0.25) is 0 Å². The minimum atomic E-state index is -0.0868. The molecule has 9 nitrogen and oxygen atoms in total. The van der Waals surface area contributed by atoms with E-state index in [1.165, 1.54) is 0 Å². The lowest BCUT2D eigenvalue weighted by Gasteiger charge is -2.10. The van der Waals surface area contributed by atoms with Crippen LogP contribution in [0.2, 0.25) is 0 Å². The number of benzene rings is 2. The predicted molar refractivity (Wildman–Crippen MR) is 133 cm³/mol. The Hall–Kier alpha value is -4.53. The molecule has 0 amide bonds. The first-order valence-electron chi connectivity index (χ1n) is 11.4. The number of ether oxygens (including phenoxy) is 1. The molecule has 0 fully saturated rings. The molecule has 3 aromatic heterocycles. The van der Waals surface area contributed by atoms with Crippen molar-refractivity contribution in [3.63, 3.8) is 0 Å². The fourth-order valence-electron chi connectivity index (χ4n) is 4.23. The Balaban J connectivity index is 1.48. The van der Waals surface area contributed by atoms with E-state index in [2.05, 4.69) is 32.5 Å². The molecule has 5 rings (SSSR count). The second-order valence-corrected chi connectivity index (χ2v) is 8.15. The van der Waals surface area contributed by atoms with E-state index in [0.717, 1.165) is 46.5 Å². The van der Waals surface area contributed by atoms with Crippen molar-refractivity contribution in [2.75, 3.05) is 7.11 Å². The van der Waals surface area contributed by atoms with Gasteiger partial charge in [0, 0.05) is 29.8 Å². The highest BCUT2D eigenvalue weighted by atomic mass is 16.5. The van der Waals surface area contributed by atoms with Crippen LogP contribution in [-0.4, -0.2) is 41.9 Å². The van der Waals surface area contributed by atoms with Gasteiger partial charge in [0.25, 0.3) is 0 Å². The molecule has 5 aromatic rings. The van der Waals surface area contributed by atoms with Gasteiger partial charge in [-0.05, 0) is 51.7 Å². The number of aromatic amines is 1. The molecule has 0 saturated carbocycles. The summed E-state index contributed by atoms with van der Waals surface area (Å²) in [6.07, 6.45) is 7.15. The fraction of sp³-hybridized carbons (Fsp3) is 0.192. The molecule has 0 aliphatic heterocycles. The van der Waals surface area contributed by atoms with Gasteiger partial charge >= 0.3 is 5.69 Å². The van der Waals surface area contributed by atoms with Crippen molar-refractivity contribution in [2.24, 2.45) is 0 Å². The summed E-state index contributed by atoms with van der Waals surface area (Å²) in [5, 5.41) is 14.2. The molecule has 0 aliphatic rings. The molecule has 0 aliphatic carbocycles. The average Bonchev–Trinajstić information content (AvgIpc) is 3.54. The van der Waals surface area contributed by atoms with Crippen molar-refractivity contribution in [3.8, 4) is 34.0 Å². The Morgan fingerprint density at radius 1 is 1.03 bits per heavy atom. The van der Waals surface area contributed by atoms with Gasteiger partial charge in [0.15, 0.2) is 5.82 Å². The summed E-state index contributed by atoms with van der Waals surface area (Å²) in [6, 6.07) is 17.7. The third kappa shape index (κ3) is 4.35. The number of nitrogens with zero attached hydrogens (tertiary/aromatic N) is 6. The Morgan fingerprint density at radius 3 is 2.60 bits per heavy atom. The van der Waals surface area contributed by atoms with Crippen LogP contribution in [0.3, 0.4) is 0 Å². The van der Waals surface area contributed by atoms with E-state index in [0.29, 0.717) is 18.1 Å². The van der Waals surface area contributed by atoms with Gasteiger partial charge in [-0.25, -0.2) is 9.89 Å². The van der Waals surface area contributed by atoms with E-state index in [-0.39, 0.29) is 5.69 Å². The molecule has 2 aromatic carbocycles. The molecule has 0 radical (unpaired) electrons. The normalized spacial score (nSPS) is 11.0. The minimum absolute atomic E-state index is 0.0868. The highest BCUT2D eigenvalue weighted by Gasteiger charge is 2.16. The van der Waals surface area contributed by atoms with Crippen LogP contribution in [-0.2, 0) is 13.0 Å². The number of aryl methyl sites for hydroxylation is 1. The monoisotopic (exact) mass is 467 g/mol. The molecule has 9 heteroatoms. The van der Waals surface area contributed by atoms with E-state index >= 15 is 0 Å². The van der Waals surface area contributed by atoms with Crippen molar-refractivity contribution in [1.82, 2.24) is 34.7 Å². The van der Waals surface area contributed by atoms with Gasteiger partial charge in [-0.2, -0.15) is 0 Å². The van der Waals surface area contributed by atoms with Crippen molar-refractivity contribution in [3.05, 3.63) is 94.9 Å². The van der Waals surface area contributed by atoms with Crippen molar-refractivity contribution < 1.29 is 4.74 Å². The first-order chi connectivity index (χ1) is 17.2. The summed E-state index contributed by atoms with van der Waals surface area (Å²) in [6.45, 7) is 2.59. The molecular formula is C26H25N7O2. The molecule has 0 unspecified atom stereocenters. The van der Waals surface area contributed by atoms with E-state index < -0.39 is 0 Å². The maximum atomic E-state index is 13.4. The number of nitrogens with one attached hydrogen (secondary N) is 1. The number of H-pyrrole nitrogens is 1. The summed E-state index contributed by atoms with van der Waals surface area (Å²) in [7, 11) is 1.61. The van der Waals surface area contributed by atoms with Crippen LogP contribution < -0.4 is 10.4 Å². The smallest absolute Gasteiger partial charge is 0.333 e.